The Kier molecular flexibility index (Phi) is 3.46. The summed E-state index contributed by atoms with van der Waals surface area (Å²) in [6, 6.07) is 5.33. The van der Waals surface area contributed by atoms with E-state index in [4.69, 9.17) is 27.9 Å². The van der Waals surface area contributed by atoms with E-state index in [1.807, 2.05) is 17.5 Å². The summed E-state index contributed by atoms with van der Waals surface area (Å²) in [5.74, 6) is 0. The summed E-state index contributed by atoms with van der Waals surface area (Å²) in [5, 5.41) is 3.73. The molecule has 15 heavy (non-hydrogen) atoms. The van der Waals surface area contributed by atoms with Gasteiger partial charge in [0.15, 0.2) is 0 Å². The third kappa shape index (κ3) is 3.09. The van der Waals surface area contributed by atoms with Crippen LogP contribution in [-0.2, 0) is 6.61 Å². The first-order chi connectivity index (χ1) is 7.24. The summed E-state index contributed by atoms with van der Waals surface area (Å²) in [5.41, 5.74) is 0.933. The molecule has 78 valence electrons. The summed E-state index contributed by atoms with van der Waals surface area (Å²) in [7, 11) is 0. The molecule has 0 amide bonds. The van der Waals surface area contributed by atoms with Crippen LogP contribution in [0.25, 0.3) is 0 Å². The average Bonchev–Trinajstić information content (AvgIpc) is 2.65. The highest BCUT2D eigenvalue weighted by Gasteiger charge is 2.00. The maximum atomic E-state index is 5.86. The van der Waals surface area contributed by atoms with Gasteiger partial charge in [0.05, 0.1) is 0 Å². The molecule has 0 aliphatic heterocycles. The summed E-state index contributed by atoms with van der Waals surface area (Å²) < 4.78 is 5.43. The fourth-order valence-corrected chi connectivity index (χ4v) is 2.18. The number of hydrogen-bond donors (Lipinski definition) is 0. The second-order valence-corrected chi connectivity index (χ2v) is 4.59. The standard InChI is InChI=1S/C10H7Cl2NOS/c11-8-3-7(4-9(12)5-8)6-14-10-13-1-2-15-10/h1-5H,6H2. The van der Waals surface area contributed by atoms with Crippen molar-refractivity contribution < 1.29 is 4.74 Å². The molecule has 2 rings (SSSR count). The number of nitrogens with zero attached hydrogens (tertiary/aromatic N) is 1. The van der Waals surface area contributed by atoms with Gasteiger partial charge in [-0.25, -0.2) is 4.98 Å². The van der Waals surface area contributed by atoms with Gasteiger partial charge in [-0.3, -0.25) is 0 Å². The van der Waals surface area contributed by atoms with E-state index in [-0.39, 0.29) is 0 Å². The van der Waals surface area contributed by atoms with Crippen molar-refractivity contribution in [2.45, 2.75) is 6.61 Å². The number of rotatable bonds is 3. The van der Waals surface area contributed by atoms with Crippen LogP contribution in [0.15, 0.2) is 29.8 Å². The van der Waals surface area contributed by atoms with Crippen LogP contribution in [0.2, 0.25) is 10.0 Å². The Morgan fingerprint density at radius 3 is 2.53 bits per heavy atom. The molecule has 0 bridgehead atoms. The van der Waals surface area contributed by atoms with Gasteiger partial charge in [0, 0.05) is 21.6 Å². The van der Waals surface area contributed by atoms with Crippen molar-refractivity contribution in [2.75, 3.05) is 0 Å². The molecule has 0 saturated heterocycles. The Labute approximate surface area is 101 Å². The molecule has 0 radical (unpaired) electrons. The van der Waals surface area contributed by atoms with Crippen molar-refractivity contribution in [3.05, 3.63) is 45.4 Å². The second-order valence-electron chi connectivity index (χ2n) is 2.86. The molecule has 1 aromatic heterocycles. The fourth-order valence-electron chi connectivity index (χ4n) is 1.12. The first-order valence-electron chi connectivity index (χ1n) is 4.21. The highest BCUT2D eigenvalue weighted by atomic mass is 35.5. The summed E-state index contributed by atoms with van der Waals surface area (Å²) >= 11 is 13.2. The summed E-state index contributed by atoms with van der Waals surface area (Å²) in [6.45, 7) is 0.424. The minimum Gasteiger partial charge on any atom is -0.465 e. The molecule has 2 aromatic rings. The van der Waals surface area contributed by atoms with Gasteiger partial charge in [-0.1, -0.05) is 34.5 Å². The van der Waals surface area contributed by atoms with Crippen molar-refractivity contribution >= 4 is 34.5 Å². The van der Waals surface area contributed by atoms with E-state index in [0.717, 1.165) is 5.56 Å². The number of benzene rings is 1. The molecular weight excluding hydrogens is 253 g/mol. The van der Waals surface area contributed by atoms with E-state index >= 15 is 0 Å². The highest BCUT2D eigenvalue weighted by Crippen LogP contribution is 2.21. The van der Waals surface area contributed by atoms with E-state index < -0.39 is 0 Å². The van der Waals surface area contributed by atoms with Crippen molar-refractivity contribution in [1.29, 1.82) is 0 Å². The Morgan fingerprint density at radius 1 is 1.20 bits per heavy atom. The van der Waals surface area contributed by atoms with Crippen molar-refractivity contribution in [2.24, 2.45) is 0 Å². The molecule has 0 spiro atoms. The van der Waals surface area contributed by atoms with Gasteiger partial charge in [-0.05, 0) is 23.8 Å². The van der Waals surface area contributed by atoms with Gasteiger partial charge >= 0.3 is 0 Å². The van der Waals surface area contributed by atoms with Gasteiger partial charge in [0.2, 0.25) is 0 Å². The molecule has 1 heterocycles. The number of halogens is 2. The minimum atomic E-state index is 0.424. The number of thiazole rings is 1. The quantitative estimate of drug-likeness (QED) is 0.831. The monoisotopic (exact) mass is 259 g/mol. The van der Waals surface area contributed by atoms with Crippen molar-refractivity contribution in [3.63, 3.8) is 0 Å². The lowest BCUT2D eigenvalue weighted by molar-refractivity contribution is 0.304. The van der Waals surface area contributed by atoms with Gasteiger partial charge < -0.3 is 4.74 Å². The fraction of sp³-hybridized carbons (Fsp3) is 0.100. The molecule has 0 aliphatic rings. The molecule has 2 nitrogen and oxygen atoms in total. The highest BCUT2D eigenvalue weighted by molar-refractivity contribution is 7.11. The van der Waals surface area contributed by atoms with E-state index in [2.05, 4.69) is 4.98 Å². The van der Waals surface area contributed by atoms with Crippen LogP contribution in [0.5, 0.6) is 5.19 Å². The van der Waals surface area contributed by atoms with Gasteiger partial charge in [-0.15, -0.1) is 0 Å². The first-order valence-corrected chi connectivity index (χ1v) is 5.85. The number of hydrogen-bond acceptors (Lipinski definition) is 3. The van der Waals surface area contributed by atoms with Crippen LogP contribution in [-0.4, -0.2) is 4.98 Å². The summed E-state index contributed by atoms with van der Waals surface area (Å²) in [6.07, 6.45) is 1.70. The molecule has 5 heteroatoms. The minimum absolute atomic E-state index is 0.424. The lowest BCUT2D eigenvalue weighted by atomic mass is 10.2. The maximum absolute atomic E-state index is 5.86. The van der Waals surface area contributed by atoms with Crippen LogP contribution in [0.1, 0.15) is 5.56 Å². The Bertz CT molecular complexity index is 424. The van der Waals surface area contributed by atoms with Gasteiger partial charge in [0.1, 0.15) is 6.61 Å². The molecule has 0 unspecified atom stereocenters. The topological polar surface area (TPSA) is 22.1 Å². The van der Waals surface area contributed by atoms with E-state index in [9.17, 15) is 0 Å². The third-order valence-electron chi connectivity index (χ3n) is 1.69. The van der Waals surface area contributed by atoms with Crippen LogP contribution >= 0.6 is 34.5 Å². The zero-order chi connectivity index (χ0) is 10.7. The van der Waals surface area contributed by atoms with Crippen LogP contribution in [0, 0.1) is 0 Å². The van der Waals surface area contributed by atoms with E-state index in [1.165, 1.54) is 11.3 Å². The van der Waals surface area contributed by atoms with Crippen LogP contribution in [0.4, 0.5) is 0 Å². The van der Waals surface area contributed by atoms with E-state index in [1.54, 1.807) is 12.3 Å². The Hall–Kier alpha value is -0.770. The molecule has 0 saturated carbocycles. The van der Waals surface area contributed by atoms with Gasteiger partial charge in [-0.2, -0.15) is 0 Å². The normalized spacial score (nSPS) is 10.3. The first kappa shape index (κ1) is 10.7. The maximum Gasteiger partial charge on any atom is 0.273 e. The molecule has 0 fully saturated rings. The molecule has 0 N–H and O–H groups in total. The lowest BCUT2D eigenvalue weighted by Crippen LogP contribution is -1.94. The third-order valence-corrected chi connectivity index (χ3v) is 2.81. The lowest BCUT2D eigenvalue weighted by Gasteiger charge is -2.03. The number of ether oxygens (including phenoxy) is 1. The SMILES string of the molecule is Clc1cc(Cl)cc(COc2nccs2)c1. The largest absolute Gasteiger partial charge is 0.465 e. The predicted octanol–water partition coefficient (Wildman–Crippen LogP) is 4.03. The second kappa shape index (κ2) is 4.84. The zero-order valence-electron chi connectivity index (χ0n) is 7.61. The molecular formula is C10H7Cl2NOS. The smallest absolute Gasteiger partial charge is 0.273 e. The molecule has 0 aliphatic carbocycles. The Morgan fingerprint density at radius 2 is 1.93 bits per heavy atom. The zero-order valence-corrected chi connectivity index (χ0v) is 9.94. The van der Waals surface area contributed by atoms with E-state index in [0.29, 0.717) is 21.8 Å². The average molecular weight is 260 g/mol. The van der Waals surface area contributed by atoms with Gasteiger partial charge in [0.25, 0.3) is 5.19 Å². The predicted molar refractivity (Wildman–Crippen MR) is 62.9 cm³/mol. The van der Waals surface area contributed by atoms with Crippen LogP contribution < -0.4 is 4.74 Å². The van der Waals surface area contributed by atoms with Crippen LogP contribution in [0.3, 0.4) is 0 Å². The van der Waals surface area contributed by atoms with Crippen molar-refractivity contribution in [1.82, 2.24) is 4.98 Å². The molecule has 1 aromatic carbocycles. The molecule has 0 atom stereocenters. The summed E-state index contributed by atoms with van der Waals surface area (Å²) in [4.78, 5) is 4.01. The Balaban J connectivity index is 2.05. The van der Waals surface area contributed by atoms with Crippen molar-refractivity contribution in [3.8, 4) is 5.19 Å². The number of aromatic nitrogens is 1.